The van der Waals surface area contributed by atoms with Crippen LogP contribution in [-0.2, 0) is 6.54 Å². The summed E-state index contributed by atoms with van der Waals surface area (Å²) in [4.78, 5) is 15.7. The van der Waals surface area contributed by atoms with Crippen LogP contribution in [-0.4, -0.2) is 39.0 Å². The predicted octanol–water partition coefficient (Wildman–Crippen LogP) is 5.15. The Morgan fingerprint density at radius 3 is 2.67 bits per heavy atom. The fourth-order valence-corrected chi connectivity index (χ4v) is 4.34. The highest BCUT2D eigenvalue weighted by atomic mass is 35.5. The van der Waals surface area contributed by atoms with Gasteiger partial charge in [0.1, 0.15) is 0 Å². The van der Waals surface area contributed by atoms with Crippen LogP contribution >= 0.6 is 23.7 Å². The lowest BCUT2D eigenvalue weighted by Gasteiger charge is -2.20. The molecule has 5 aromatic rings. The Labute approximate surface area is 219 Å². The van der Waals surface area contributed by atoms with E-state index in [1.165, 1.54) is 16.9 Å². The van der Waals surface area contributed by atoms with Gasteiger partial charge in [0.15, 0.2) is 5.82 Å². The highest BCUT2D eigenvalue weighted by Crippen LogP contribution is 2.23. The van der Waals surface area contributed by atoms with Crippen molar-refractivity contribution in [2.75, 3.05) is 18.0 Å². The third-order valence-corrected chi connectivity index (χ3v) is 6.25. The van der Waals surface area contributed by atoms with E-state index in [1.807, 2.05) is 72.2 Å². The Hall–Kier alpha value is -3.79. The summed E-state index contributed by atoms with van der Waals surface area (Å²) in [6, 6.07) is 23.5. The first-order valence-corrected chi connectivity index (χ1v) is 12.1. The zero-order valence-corrected chi connectivity index (χ0v) is 21.2. The van der Waals surface area contributed by atoms with Gasteiger partial charge in [0.2, 0.25) is 11.8 Å². The molecule has 3 aromatic heterocycles. The van der Waals surface area contributed by atoms with Crippen molar-refractivity contribution in [1.82, 2.24) is 25.3 Å². The molecule has 184 valence electrons. The average Bonchev–Trinajstić information content (AvgIpc) is 3.67. The number of carbonyl (C=O) groups excluding carboxylic acids is 1. The van der Waals surface area contributed by atoms with Crippen LogP contribution in [0.25, 0.3) is 17.1 Å². The fourth-order valence-electron chi connectivity index (χ4n) is 3.67. The Morgan fingerprint density at radius 1 is 1.06 bits per heavy atom. The average molecular weight is 521 g/mol. The fraction of sp³-hybridized carbons (Fsp3) is 0.154. The largest absolute Gasteiger partial charge is 0.421 e. The smallest absolute Gasteiger partial charge is 0.269 e. The Bertz CT molecular complexity index is 1400. The summed E-state index contributed by atoms with van der Waals surface area (Å²) in [5, 5.41) is 18.0. The zero-order chi connectivity index (χ0) is 24.0. The number of aromatic nitrogens is 4. The zero-order valence-electron chi connectivity index (χ0n) is 19.6. The van der Waals surface area contributed by atoms with Crippen molar-refractivity contribution in [1.29, 1.82) is 0 Å². The van der Waals surface area contributed by atoms with Gasteiger partial charge in [-0.25, -0.2) is 4.68 Å². The van der Waals surface area contributed by atoms with Gasteiger partial charge < -0.3 is 9.73 Å². The highest BCUT2D eigenvalue weighted by Gasteiger charge is 2.21. The lowest BCUT2D eigenvalue weighted by atomic mass is 10.2. The molecule has 0 saturated carbocycles. The molecule has 36 heavy (non-hydrogen) atoms. The van der Waals surface area contributed by atoms with E-state index in [1.54, 1.807) is 16.5 Å². The van der Waals surface area contributed by atoms with Crippen molar-refractivity contribution in [3.63, 3.8) is 0 Å². The van der Waals surface area contributed by atoms with Crippen molar-refractivity contribution in [2.45, 2.75) is 13.5 Å². The molecule has 0 aliphatic rings. The predicted molar refractivity (Wildman–Crippen MR) is 143 cm³/mol. The second kappa shape index (κ2) is 11.8. The number of benzene rings is 2. The highest BCUT2D eigenvalue weighted by molar-refractivity contribution is 7.12. The van der Waals surface area contributed by atoms with Crippen LogP contribution in [0.2, 0.25) is 0 Å². The second-order valence-electron chi connectivity index (χ2n) is 7.89. The molecule has 0 atom stereocenters. The van der Waals surface area contributed by atoms with E-state index in [9.17, 15) is 4.79 Å². The maximum atomic E-state index is 13.3. The first-order chi connectivity index (χ1) is 17.2. The van der Waals surface area contributed by atoms with Crippen LogP contribution in [0, 0.1) is 6.92 Å². The van der Waals surface area contributed by atoms with Gasteiger partial charge in [-0.2, -0.15) is 0 Å². The molecule has 0 radical (unpaired) electrons. The van der Waals surface area contributed by atoms with Crippen molar-refractivity contribution in [3.05, 3.63) is 101 Å². The third kappa shape index (κ3) is 5.88. The van der Waals surface area contributed by atoms with E-state index in [2.05, 4.69) is 27.6 Å². The molecule has 0 unspecified atom stereocenters. The molecule has 0 aliphatic heterocycles. The number of thiophene rings is 1. The van der Waals surface area contributed by atoms with Crippen LogP contribution < -0.4 is 10.2 Å². The lowest BCUT2D eigenvalue weighted by molar-refractivity contribution is 0.0990. The minimum Gasteiger partial charge on any atom is -0.421 e. The third-order valence-electron chi connectivity index (χ3n) is 5.40. The van der Waals surface area contributed by atoms with Crippen molar-refractivity contribution in [2.24, 2.45) is 0 Å². The molecule has 0 saturated heterocycles. The van der Waals surface area contributed by atoms with Gasteiger partial charge in [-0.05, 0) is 35.2 Å². The molecular formula is C26H25ClN6O2S. The molecule has 2 aromatic carbocycles. The molecule has 0 spiro atoms. The summed E-state index contributed by atoms with van der Waals surface area (Å²) in [6.07, 6.45) is 1.85. The van der Waals surface area contributed by atoms with E-state index in [4.69, 9.17) is 9.52 Å². The number of nitrogens with one attached hydrogen (secondary N) is 1. The molecule has 1 amide bonds. The van der Waals surface area contributed by atoms with Gasteiger partial charge in [-0.1, -0.05) is 42.5 Å². The topological polar surface area (TPSA) is 89.1 Å². The van der Waals surface area contributed by atoms with Gasteiger partial charge in [-0.3, -0.25) is 9.69 Å². The van der Waals surface area contributed by atoms with E-state index >= 15 is 0 Å². The Kier molecular flexibility index (Phi) is 8.27. The molecule has 0 bridgehead atoms. The number of carbonyl (C=O) groups is 1. The van der Waals surface area contributed by atoms with Crippen molar-refractivity contribution < 1.29 is 9.21 Å². The second-order valence-corrected chi connectivity index (χ2v) is 8.84. The van der Waals surface area contributed by atoms with Crippen molar-refractivity contribution in [3.8, 4) is 17.1 Å². The minimum absolute atomic E-state index is 0. The number of rotatable bonds is 9. The number of hydrogen-bond donors (Lipinski definition) is 1. The van der Waals surface area contributed by atoms with E-state index in [0.29, 0.717) is 35.6 Å². The summed E-state index contributed by atoms with van der Waals surface area (Å²) < 4.78 is 7.30. The van der Waals surface area contributed by atoms with Crippen LogP contribution in [0.4, 0.5) is 5.82 Å². The summed E-state index contributed by atoms with van der Waals surface area (Å²) in [5.74, 6) is 1.48. The Balaban J connectivity index is 0.00000304. The van der Waals surface area contributed by atoms with E-state index in [0.717, 1.165) is 17.8 Å². The lowest BCUT2D eigenvalue weighted by Crippen LogP contribution is -2.37. The van der Waals surface area contributed by atoms with Gasteiger partial charge >= 0.3 is 0 Å². The van der Waals surface area contributed by atoms with Gasteiger partial charge in [0.05, 0.1) is 10.6 Å². The summed E-state index contributed by atoms with van der Waals surface area (Å²) in [6.45, 7) is 3.61. The first kappa shape index (κ1) is 25.3. The maximum absolute atomic E-state index is 13.3. The number of aryl methyl sites for hydroxylation is 1. The summed E-state index contributed by atoms with van der Waals surface area (Å²) in [5.41, 5.74) is 2.83. The SMILES string of the molecule is Cc1nnc(-c2cccc(-n3ccc(N(CCNCc4ccccc4)C(=O)c4cccs4)n3)c2)o1.Cl. The van der Waals surface area contributed by atoms with Crippen molar-refractivity contribution >= 4 is 35.5 Å². The number of amides is 1. The van der Waals surface area contributed by atoms with Crippen LogP contribution in [0.15, 0.2) is 88.8 Å². The number of hydrogen-bond acceptors (Lipinski definition) is 7. The molecule has 5 rings (SSSR count). The Morgan fingerprint density at radius 2 is 1.92 bits per heavy atom. The quantitative estimate of drug-likeness (QED) is 0.270. The first-order valence-electron chi connectivity index (χ1n) is 11.2. The van der Waals surface area contributed by atoms with E-state index < -0.39 is 0 Å². The number of anilines is 1. The van der Waals surface area contributed by atoms with Crippen LogP contribution in [0.3, 0.4) is 0 Å². The van der Waals surface area contributed by atoms with Crippen LogP contribution in [0.1, 0.15) is 21.1 Å². The molecule has 0 fully saturated rings. The molecule has 3 heterocycles. The minimum atomic E-state index is -0.0677. The summed E-state index contributed by atoms with van der Waals surface area (Å²) >= 11 is 1.43. The van der Waals surface area contributed by atoms with E-state index in [-0.39, 0.29) is 18.3 Å². The number of nitrogens with zero attached hydrogens (tertiary/aromatic N) is 5. The van der Waals surface area contributed by atoms with Gasteiger partial charge in [0.25, 0.3) is 5.91 Å². The number of halogens is 1. The molecule has 1 N–H and O–H groups in total. The molecule has 0 aliphatic carbocycles. The molecule has 8 nitrogen and oxygen atoms in total. The summed E-state index contributed by atoms with van der Waals surface area (Å²) in [7, 11) is 0. The van der Waals surface area contributed by atoms with Crippen LogP contribution in [0.5, 0.6) is 0 Å². The maximum Gasteiger partial charge on any atom is 0.269 e. The van der Waals surface area contributed by atoms with Gasteiger partial charge in [0, 0.05) is 44.4 Å². The standard InChI is InChI=1S/C26H24N6O2S.ClH/c1-19-28-29-25(34-19)21-9-5-10-22(17-21)32-14-12-24(30-32)31(26(33)23-11-6-16-35-23)15-13-27-18-20-7-3-2-4-8-20;/h2-12,14,16-17,27H,13,15,18H2,1H3;1H. The monoisotopic (exact) mass is 520 g/mol. The molecular weight excluding hydrogens is 496 g/mol. The molecule has 10 heteroatoms. The van der Waals surface area contributed by atoms with Gasteiger partial charge in [-0.15, -0.1) is 39.0 Å². The normalized spacial score (nSPS) is 10.7.